The highest BCUT2D eigenvalue weighted by atomic mass is 35.5. The molecule has 9 heteroatoms. The van der Waals surface area contributed by atoms with Crippen molar-refractivity contribution in [3.63, 3.8) is 0 Å². The van der Waals surface area contributed by atoms with Crippen molar-refractivity contribution < 1.29 is 14.1 Å². The van der Waals surface area contributed by atoms with Crippen LogP contribution in [0.15, 0.2) is 41.1 Å². The Morgan fingerprint density at radius 2 is 1.92 bits per heavy atom. The Morgan fingerprint density at radius 1 is 1.19 bits per heavy atom. The highest BCUT2D eigenvalue weighted by Gasteiger charge is 2.19. The van der Waals surface area contributed by atoms with Gasteiger partial charge in [-0.15, -0.1) is 0 Å². The van der Waals surface area contributed by atoms with Crippen molar-refractivity contribution in [3.05, 3.63) is 58.4 Å². The molecule has 3 rings (SSSR count). The van der Waals surface area contributed by atoms with Crippen LogP contribution in [-0.4, -0.2) is 26.8 Å². The number of halogens is 1. The minimum absolute atomic E-state index is 0.170. The molecule has 2 N–H and O–H groups in total. The normalized spacial score (nSPS) is 10.6. The first-order chi connectivity index (χ1) is 12.4. The molecule has 0 aliphatic rings. The fraction of sp³-hybridized carbons (Fsp3) is 0.176. The molecule has 2 heterocycles. The summed E-state index contributed by atoms with van der Waals surface area (Å²) in [5, 5.41) is 13.4. The third kappa shape index (κ3) is 3.92. The Kier molecular flexibility index (Phi) is 5.04. The molecular formula is C17H16ClN5O3. The van der Waals surface area contributed by atoms with Crippen molar-refractivity contribution in [1.29, 1.82) is 0 Å². The number of rotatable bonds is 4. The molecule has 3 aromatic rings. The lowest BCUT2D eigenvalue weighted by Crippen LogP contribution is -2.30. The number of benzene rings is 1. The van der Waals surface area contributed by atoms with Crippen molar-refractivity contribution in [2.45, 2.75) is 20.4 Å². The van der Waals surface area contributed by atoms with E-state index < -0.39 is 11.8 Å². The Labute approximate surface area is 154 Å². The summed E-state index contributed by atoms with van der Waals surface area (Å²) >= 11 is 6.17. The summed E-state index contributed by atoms with van der Waals surface area (Å²) in [6, 6.07) is 8.85. The highest BCUT2D eigenvalue weighted by molar-refractivity contribution is 6.43. The van der Waals surface area contributed by atoms with Crippen LogP contribution < -0.4 is 10.6 Å². The molecule has 0 unspecified atom stereocenters. The second-order valence-electron chi connectivity index (χ2n) is 5.66. The Bertz CT molecular complexity index is 963. The molecule has 8 nitrogen and oxygen atoms in total. The van der Waals surface area contributed by atoms with Crippen LogP contribution in [-0.2, 0) is 16.1 Å². The summed E-state index contributed by atoms with van der Waals surface area (Å²) in [5.41, 5.74) is 1.56. The van der Waals surface area contributed by atoms with Crippen LogP contribution in [0.2, 0.25) is 5.02 Å². The number of nitrogens with one attached hydrogen (secondary N) is 2. The molecule has 0 fully saturated rings. The molecule has 0 aliphatic heterocycles. The molecule has 0 bridgehead atoms. The summed E-state index contributed by atoms with van der Waals surface area (Å²) in [4.78, 5) is 24.2. The number of anilines is 2. The quantitative estimate of drug-likeness (QED) is 0.684. The lowest BCUT2D eigenvalue weighted by molar-refractivity contribution is -0.133. The molecular weight excluding hydrogens is 358 g/mol. The molecule has 2 amide bonds. The third-order valence-corrected chi connectivity index (χ3v) is 3.98. The zero-order valence-electron chi connectivity index (χ0n) is 14.1. The van der Waals surface area contributed by atoms with E-state index >= 15 is 0 Å². The summed E-state index contributed by atoms with van der Waals surface area (Å²) in [6.45, 7) is 3.82. The largest absolute Gasteiger partial charge is 0.360 e. The average molecular weight is 374 g/mol. The van der Waals surface area contributed by atoms with E-state index in [0.717, 1.165) is 11.1 Å². The minimum Gasteiger partial charge on any atom is -0.360 e. The monoisotopic (exact) mass is 373 g/mol. The van der Waals surface area contributed by atoms with Crippen LogP contribution in [0, 0.1) is 13.8 Å². The lowest BCUT2D eigenvalue weighted by atomic mass is 10.2. The number of carbonyl (C=O) groups is 2. The van der Waals surface area contributed by atoms with Gasteiger partial charge in [0.2, 0.25) is 0 Å². The average Bonchev–Trinajstić information content (AvgIpc) is 3.16. The summed E-state index contributed by atoms with van der Waals surface area (Å²) < 4.78 is 6.42. The molecule has 0 saturated carbocycles. The Balaban J connectivity index is 1.73. The number of carbonyl (C=O) groups excluding carboxylic acids is 2. The van der Waals surface area contributed by atoms with Gasteiger partial charge in [-0.25, -0.2) is 4.68 Å². The highest BCUT2D eigenvalue weighted by Crippen LogP contribution is 2.20. The number of hydrogen-bond donors (Lipinski definition) is 2. The van der Waals surface area contributed by atoms with Gasteiger partial charge in [0.05, 0.1) is 12.7 Å². The van der Waals surface area contributed by atoms with Crippen molar-refractivity contribution in [2.24, 2.45) is 0 Å². The van der Waals surface area contributed by atoms with E-state index in [4.69, 9.17) is 16.1 Å². The van der Waals surface area contributed by atoms with Gasteiger partial charge in [0.25, 0.3) is 0 Å². The molecule has 2 aromatic heterocycles. The molecule has 1 aromatic carbocycles. The predicted octanol–water partition coefficient (Wildman–Crippen LogP) is 2.77. The molecule has 0 aliphatic carbocycles. The van der Waals surface area contributed by atoms with E-state index in [-0.39, 0.29) is 5.82 Å². The lowest BCUT2D eigenvalue weighted by Gasteiger charge is -2.11. The fourth-order valence-corrected chi connectivity index (χ4v) is 2.51. The molecule has 134 valence electrons. The van der Waals surface area contributed by atoms with Gasteiger partial charge in [0, 0.05) is 16.7 Å². The zero-order valence-corrected chi connectivity index (χ0v) is 14.9. The molecule has 0 radical (unpaired) electrons. The third-order valence-electron chi connectivity index (χ3n) is 3.61. The smallest absolute Gasteiger partial charge is 0.315 e. The topological polar surface area (TPSA) is 102 Å². The number of amides is 2. The van der Waals surface area contributed by atoms with Gasteiger partial charge in [-0.2, -0.15) is 5.10 Å². The first-order valence-electron chi connectivity index (χ1n) is 7.75. The fourth-order valence-electron chi connectivity index (χ4n) is 2.31. The zero-order chi connectivity index (χ0) is 18.7. The van der Waals surface area contributed by atoms with Crippen LogP contribution >= 0.6 is 11.6 Å². The van der Waals surface area contributed by atoms with Gasteiger partial charge >= 0.3 is 11.8 Å². The molecule has 0 spiro atoms. The van der Waals surface area contributed by atoms with Crippen LogP contribution in [0.4, 0.5) is 11.6 Å². The van der Waals surface area contributed by atoms with E-state index in [9.17, 15) is 9.59 Å². The van der Waals surface area contributed by atoms with Crippen LogP contribution in [0.3, 0.4) is 0 Å². The van der Waals surface area contributed by atoms with E-state index in [0.29, 0.717) is 23.1 Å². The number of nitrogens with zero attached hydrogens (tertiary/aromatic N) is 3. The van der Waals surface area contributed by atoms with Crippen LogP contribution in [0.25, 0.3) is 0 Å². The van der Waals surface area contributed by atoms with Gasteiger partial charge in [-0.1, -0.05) is 35.0 Å². The second-order valence-corrected chi connectivity index (χ2v) is 6.06. The van der Waals surface area contributed by atoms with Gasteiger partial charge in [-0.05, 0) is 25.5 Å². The van der Waals surface area contributed by atoms with Crippen molar-refractivity contribution in [1.82, 2.24) is 14.9 Å². The molecule has 0 atom stereocenters. The van der Waals surface area contributed by atoms with Crippen molar-refractivity contribution in [2.75, 3.05) is 10.6 Å². The Morgan fingerprint density at radius 3 is 2.62 bits per heavy atom. The number of aryl methyl sites for hydroxylation is 2. The van der Waals surface area contributed by atoms with E-state index in [2.05, 4.69) is 20.9 Å². The van der Waals surface area contributed by atoms with Gasteiger partial charge in [-0.3, -0.25) is 14.9 Å². The minimum atomic E-state index is -0.858. The van der Waals surface area contributed by atoms with Crippen LogP contribution in [0.1, 0.15) is 16.9 Å². The van der Waals surface area contributed by atoms with E-state index in [1.165, 1.54) is 6.07 Å². The molecule has 0 saturated heterocycles. The van der Waals surface area contributed by atoms with Gasteiger partial charge in [0.15, 0.2) is 5.82 Å². The van der Waals surface area contributed by atoms with Gasteiger partial charge in [0.1, 0.15) is 11.6 Å². The predicted molar refractivity (Wildman–Crippen MR) is 96.0 cm³/mol. The summed E-state index contributed by atoms with van der Waals surface area (Å²) in [5.74, 6) is -0.586. The van der Waals surface area contributed by atoms with E-state index in [1.807, 2.05) is 18.2 Å². The van der Waals surface area contributed by atoms with Crippen molar-refractivity contribution in [3.8, 4) is 0 Å². The van der Waals surface area contributed by atoms with E-state index in [1.54, 1.807) is 30.8 Å². The Hall–Kier alpha value is -3.13. The SMILES string of the molecule is Cc1cc(NC(=O)C(=O)Nc2c(C)cnn2Cc2ccccc2Cl)no1. The van der Waals surface area contributed by atoms with Crippen molar-refractivity contribution >= 4 is 35.1 Å². The second kappa shape index (κ2) is 7.40. The summed E-state index contributed by atoms with van der Waals surface area (Å²) in [7, 11) is 0. The van der Waals surface area contributed by atoms with Gasteiger partial charge < -0.3 is 9.84 Å². The number of hydrogen-bond acceptors (Lipinski definition) is 5. The first-order valence-corrected chi connectivity index (χ1v) is 8.13. The standard InChI is InChI=1S/C17H16ClN5O3/c1-10-8-19-23(9-12-5-3-4-6-13(12)18)15(10)21-17(25)16(24)20-14-7-11(2)26-22-14/h3-8H,9H2,1-2H3,(H,21,25)(H,20,22,24). The maximum absolute atomic E-state index is 12.2. The summed E-state index contributed by atoms with van der Waals surface area (Å²) in [6.07, 6.45) is 1.60. The first kappa shape index (κ1) is 17.7. The van der Waals surface area contributed by atoms with Crippen LogP contribution in [0.5, 0.6) is 0 Å². The maximum Gasteiger partial charge on any atom is 0.315 e. The molecule has 26 heavy (non-hydrogen) atoms. The maximum atomic E-state index is 12.2. The number of aromatic nitrogens is 3.